The second kappa shape index (κ2) is 7.20. The van der Waals surface area contributed by atoms with E-state index in [-0.39, 0.29) is 11.7 Å². The summed E-state index contributed by atoms with van der Waals surface area (Å²) in [7, 11) is 1.56. The minimum atomic E-state index is -0.455. The minimum Gasteiger partial charge on any atom is -0.493 e. The topological polar surface area (TPSA) is 88.0 Å². The highest BCUT2D eigenvalue weighted by atomic mass is 32.2. The quantitative estimate of drug-likeness (QED) is 0.669. The molecule has 0 unspecified atom stereocenters. The van der Waals surface area contributed by atoms with E-state index in [2.05, 4.69) is 9.97 Å². The van der Waals surface area contributed by atoms with Crippen LogP contribution in [-0.2, 0) is 0 Å². The van der Waals surface area contributed by atoms with Crippen molar-refractivity contribution >= 4 is 11.8 Å². The summed E-state index contributed by atoms with van der Waals surface area (Å²) in [5.74, 6) is 1.12. The second-order valence-corrected chi connectivity index (χ2v) is 5.74. The van der Waals surface area contributed by atoms with Crippen LogP contribution in [0, 0.1) is 11.3 Å². The maximum absolute atomic E-state index is 12.0. The molecule has 2 rings (SSSR count). The molecule has 1 N–H and O–H groups in total. The first kappa shape index (κ1) is 16.9. The third-order valence-electron chi connectivity index (χ3n) is 3.00. The number of nitriles is 1. The first-order chi connectivity index (χ1) is 11.0. The van der Waals surface area contributed by atoms with Crippen molar-refractivity contribution in [3.05, 3.63) is 34.1 Å². The van der Waals surface area contributed by atoms with Crippen LogP contribution in [0.15, 0.2) is 28.2 Å². The molecule has 0 saturated carbocycles. The maximum atomic E-state index is 12.0. The normalized spacial score (nSPS) is 10.4. The van der Waals surface area contributed by atoms with Crippen molar-refractivity contribution in [2.24, 2.45) is 0 Å². The molecule has 0 aliphatic heterocycles. The summed E-state index contributed by atoms with van der Waals surface area (Å²) >= 11 is 1.30. The number of nitrogens with zero attached hydrogens (tertiary/aromatic N) is 2. The molecule has 7 heteroatoms. The van der Waals surface area contributed by atoms with E-state index in [4.69, 9.17) is 9.47 Å². The molecule has 0 radical (unpaired) electrons. The number of aromatic amines is 1. The fraction of sp³-hybridized carbons (Fsp3) is 0.312. The molecule has 2 aromatic rings. The van der Waals surface area contributed by atoms with Gasteiger partial charge in [0.2, 0.25) is 0 Å². The number of nitrogens with one attached hydrogen (secondary N) is 1. The van der Waals surface area contributed by atoms with E-state index < -0.39 is 5.56 Å². The fourth-order valence-corrected chi connectivity index (χ4v) is 2.41. The van der Waals surface area contributed by atoms with Crippen LogP contribution in [0.2, 0.25) is 0 Å². The standard InChI is InChI=1S/C16H17N3O3S/c1-9(2)22-13-7-10(5-6-12(13)21-3)14-11(8-17)15(20)19-16(18-14)23-4/h5-7,9H,1-4H3,(H,18,19,20). The van der Waals surface area contributed by atoms with Crippen LogP contribution in [0.3, 0.4) is 0 Å². The molecule has 23 heavy (non-hydrogen) atoms. The van der Waals surface area contributed by atoms with E-state index in [1.54, 1.807) is 31.6 Å². The highest BCUT2D eigenvalue weighted by molar-refractivity contribution is 7.98. The number of aromatic nitrogens is 2. The highest BCUT2D eigenvalue weighted by Crippen LogP contribution is 2.33. The number of H-pyrrole nitrogens is 1. The predicted molar refractivity (Wildman–Crippen MR) is 89.1 cm³/mol. The SMILES string of the molecule is COc1ccc(-c2nc(SC)[nH]c(=O)c2C#N)cc1OC(C)C. The number of methoxy groups -OCH3 is 1. The molecule has 1 aromatic heterocycles. The van der Waals surface area contributed by atoms with E-state index in [0.29, 0.717) is 27.9 Å². The number of ether oxygens (including phenoxy) is 2. The van der Waals surface area contributed by atoms with Gasteiger partial charge in [-0.15, -0.1) is 0 Å². The van der Waals surface area contributed by atoms with Crippen LogP contribution < -0.4 is 15.0 Å². The lowest BCUT2D eigenvalue weighted by Crippen LogP contribution is -2.14. The third kappa shape index (κ3) is 3.66. The van der Waals surface area contributed by atoms with Gasteiger partial charge in [0, 0.05) is 5.56 Å². The third-order valence-corrected chi connectivity index (χ3v) is 3.58. The van der Waals surface area contributed by atoms with Crippen molar-refractivity contribution in [1.82, 2.24) is 9.97 Å². The van der Waals surface area contributed by atoms with Gasteiger partial charge in [-0.05, 0) is 38.3 Å². The Morgan fingerprint density at radius 3 is 2.65 bits per heavy atom. The number of hydrogen-bond acceptors (Lipinski definition) is 6. The van der Waals surface area contributed by atoms with Crippen LogP contribution in [0.1, 0.15) is 19.4 Å². The Bertz CT molecular complexity index is 809. The average Bonchev–Trinajstić information content (AvgIpc) is 2.53. The smallest absolute Gasteiger partial charge is 0.270 e. The zero-order valence-corrected chi connectivity index (χ0v) is 14.2. The fourth-order valence-electron chi connectivity index (χ4n) is 2.03. The van der Waals surface area contributed by atoms with Gasteiger partial charge in [-0.1, -0.05) is 11.8 Å². The lowest BCUT2D eigenvalue weighted by atomic mass is 10.1. The van der Waals surface area contributed by atoms with Crippen molar-refractivity contribution in [3.8, 4) is 28.8 Å². The Kier molecular flexibility index (Phi) is 5.29. The van der Waals surface area contributed by atoms with Gasteiger partial charge in [0.25, 0.3) is 5.56 Å². The molecule has 1 aromatic carbocycles. The molecule has 0 bridgehead atoms. The first-order valence-corrected chi connectivity index (χ1v) is 8.16. The molecular weight excluding hydrogens is 314 g/mol. The summed E-state index contributed by atoms with van der Waals surface area (Å²) in [5.41, 5.74) is 0.476. The van der Waals surface area contributed by atoms with Crippen LogP contribution in [0.25, 0.3) is 11.3 Å². The molecule has 0 saturated heterocycles. The van der Waals surface area contributed by atoms with Gasteiger partial charge < -0.3 is 14.5 Å². The molecule has 6 nitrogen and oxygen atoms in total. The Labute approximate surface area is 138 Å². The minimum absolute atomic E-state index is 0.0246. The average molecular weight is 331 g/mol. The Hall–Kier alpha value is -2.46. The van der Waals surface area contributed by atoms with Gasteiger partial charge in [0.1, 0.15) is 11.6 Å². The molecule has 120 valence electrons. The zero-order chi connectivity index (χ0) is 17.0. The van der Waals surface area contributed by atoms with E-state index in [0.717, 1.165) is 0 Å². The summed E-state index contributed by atoms with van der Waals surface area (Å²) in [6.45, 7) is 3.81. The van der Waals surface area contributed by atoms with E-state index in [9.17, 15) is 10.1 Å². The highest BCUT2D eigenvalue weighted by Gasteiger charge is 2.16. The van der Waals surface area contributed by atoms with Gasteiger partial charge in [-0.25, -0.2) is 4.98 Å². The molecular formula is C16H17N3O3S. The largest absolute Gasteiger partial charge is 0.493 e. The Morgan fingerprint density at radius 1 is 1.35 bits per heavy atom. The summed E-state index contributed by atoms with van der Waals surface area (Å²) in [6, 6.07) is 7.12. The lowest BCUT2D eigenvalue weighted by molar-refractivity contribution is 0.230. The maximum Gasteiger partial charge on any atom is 0.270 e. The Balaban J connectivity index is 2.65. The van der Waals surface area contributed by atoms with Crippen LogP contribution in [-0.4, -0.2) is 29.4 Å². The van der Waals surface area contributed by atoms with Crippen molar-refractivity contribution in [2.75, 3.05) is 13.4 Å². The molecule has 0 fully saturated rings. The number of benzene rings is 1. The van der Waals surface area contributed by atoms with E-state index >= 15 is 0 Å². The van der Waals surface area contributed by atoms with Crippen LogP contribution in [0.4, 0.5) is 0 Å². The van der Waals surface area contributed by atoms with E-state index in [1.807, 2.05) is 19.9 Å². The van der Waals surface area contributed by atoms with Crippen LogP contribution >= 0.6 is 11.8 Å². The molecule has 0 aliphatic carbocycles. The molecule has 1 heterocycles. The van der Waals surface area contributed by atoms with Crippen LogP contribution in [0.5, 0.6) is 11.5 Å². The summed E-state index contributed by atoms with van der Waals surface area (Å²) in [6.07, 6.45) is 1.76. The zero-order valence-electron chi connectivity index (χ0n) is 13.3. The van der Waals surface area contributed by atoms with Gasteiger partial charge in [0.15, 0.2) is 16.7 Å². The van der Waals surface area contributed by atoms with Crippen molar-refractivity contribution < 1.29 is 9.47 Å². The summed E-state index contributed by atoms with van der Waals surface area (Å²) in [5, 5.41) is 9.72. The molecule has 0 amide bonds. The van der Waals surface area contributed by atoms with Crippen molar-refractivity contribution in [3.63, 3.8) is 0 Å². The van der Waals surface area contributed by atoms with Gasteiger partial charge >= 0.3 is 0 Å². The van der Waals surface area contributed by atoms with Gasteiger partial charge in [0.05, 0.1) is 18.9 Å². The first-order valence-electron chi connectivity index (χ1n) is 6.93. The van der Waals surface area contributed by atoms with Gasteiger partial charge in [-0.2, -0.15) is 5.26 Å². The van der Waals surface area contributed by atoms with Crippen molar-refractivity contribution in [1.29, 1.82) is 5.26 Å². The molecule has 0 atom stereocenters. The number of thioether (sulfide) groups is 1. The van der Waals surface area contributed by atoms with E-state index in [1.165, 1.54) is 11.8 Å². The summed E-state index contributed by atoms with van der Waals surface area (Å²) in [4.78, 5) is 19.0. The second-order valence-electron chi connectivity index (χ2n) is 4.94. The summed E-state index contributed by atoms with van der Waals surface area (Å²) < 4.78 is 11.0. The Morgan fingerprint density at radius 2 is 2.09 bits per heavy atom. The van der Waals surface area contributed by atoms with Crippen molar-refractivity contribution in [2.45, 2.75) is 25.1 Å². The molecule has 0 spiro atoms. The number of hydrogen-bond donors (Lipinski definition) is 1. The van der Waals surface area contributed by atoms with Gasteiger partial charge in [-0.3, -0.25) is 4.79 Å². The number of rotatable bonds is 5. The predicted octanol–water partition coefficient (Wildman–Crippen LogP) is 2.83. The molecule has 0 aliphatic rings. The lowest BCUT2D eigenvalue weighted by Gasteiger charge is -2.15. The monoisotopic (exact) mass is 331 g/mol.